The number of amides is 5. The van der Waals surface area contributed by atoms with Crippen LogP contribution in [0.4, 0.5) is 0 Å². The van der Waals surface area contributed by atoms with E-state index in [2.05, 4.69) is 36.6 Å². The van der Waals surface area contributed by atoms with E-state index < -0.39 is 71.6 Å². The Kier molecular flexibility index (Phi) is 16.4. The average Bonchev–Trinajstić information content (AvgIpc) is 3.15. The number of aromatic nitrogens is 2. The van der Waals surface area contributed by atoms with E-state index in [1.807, 2.05) is 12.1 Å². The van der Waals surface area contributed by atoms with E-state index in [1.54, 1.807) is 42.5 Å². The number of ketones is 1. The number of carbonyl (C=O) groups is 6. The van der Waals surface area contributed by atoms with Gasteiger partial charge in [0.25, 0.3) is 5.91 Å². The third kappa shape index (κ3) is 12.7. The third-order valence-corrected chi connectivity index (χ3v) is 8.37. The molecule has 17 heteroatoms. The van der Waals surface area contributed by atoms with E-state index in [1.165, 1.54) is 33.2 Å². The second-order valence-corrected chi connectivity index (χ2v) is 12.8. The van der Waals surface area contributed by atoms with Crippen molar-refractivity contribution in [3.63, 3.8) is 0 Å². The van der Waals surface area contributed by atoms with Gasteiger partial charge in [0.1, 0.15) is 24.2 Å². The van der Waals surface area contributed by atoms with Crippen LogP contribution in [0.3, 0.4) is 0 Å². The molecule has 0 unspecified atom stereocenters. The summed E-state index contributed by atoms with van der Waals surface area (Å²) in [5.41, 5.74) is 13.4. The Morgan fingerprint density at radius 2 is 1.26 bits per heavy atom. The number of carbonyl (C=O) groups excluding carboxylic acids is 6. The lowest BCUT2D eigenvalue weighted by Crippen LogP contribution is -2.61. The zero-order valence-corrected chi connectivity index (χ0v) is 30.4. The number of unbranched alkanes of at least 4 members (excludes halogenated alkanes) is 1. The fourth-order valence-corrected chi connectivity index (χ4v) is 5.14. The molecule has 284 valence electrons. The van der Waals surface area contributed by atoms with Crippen molar-refractivity contribution in [2.75, 3.05) is 13.1 Å². The van der Waals surface area contributed by atoms with Crippen molar-refractivity contribution in [1.82, 2.24) is 36.6 Å². The minimum Gasteiger partial charge on any atom is -0.391 e. The summed E-state index contributed by atoms with van der Waals surface area (Å²) in [6, 6.07) is 9.20. The van der Waals surface area contributed by atoms with E-state index in [4.69, 9.17) is 23.1 Å². The molecule has 3 aromatic rings. The summed E-state index contributed by atoms with van der Waals surface area (Å²) in [6.45, 7) is 4.10. The molecule has 10 N–H and O–H groups in total. The molecule has 0 aliphatic heterocycles. The molecule has 0 aliphatic rings. The van der Waals surface area contributed by atoms with Crippen LogP contribution in [0.5, 0.6) is 0 Å². The van der Waals surface area contributed by atoms with Gasteiger partial charge in [-0.05, 0) is 88.0 Å². The highest BCUT2D eigenvalue weighted by Gasteiger charge is 2.32. The first-order valence-electron chi connectivity index (χ1n) is 17.0. The molecule has 0 saturated heterocycles. The molecule has 3 rings (SSSR count). The maximum absolute atomic E-state index is 13.2. The Bertz CT molecular complexity index is 1710. The van der Waals surface area contributed by atoms with Crippen LogP contribution >= 0.6 is 11.6 Å². The van der Waals surface area contributed by atoms with Gasteiger partial charge in [0.2, 0.25) is 29.4 Å². The first-order valence-corrected chi connectivity index (χ1v) is 17.4. The first-order chi connectivity index (χ1) is 25.2. The van der Waals surface area contributed by atoms with E-state index >= 15 is 0 Å². The SMILES string of the molecule is C[C@H](NC(=O)[C@@H](NC(=O)[C@H](CN)NC(=O)c1ccc(-c2ccc(Cl)cc2)cc1)[C@@H](C)O)C(=O)N[C@@H](CCCCN)C(=O)N[C@@H](C)C(=O)c1ncccn1. The lowest BCUT2D eigenvalue weighted by atomic mass is 10.0. The van der Waals surface area contributed by atoms with E-state index in [0.29, 0.717) is 24.4 Å². The summed E-state index contributed by atoms with van der Waals surface area (Å²) in [7, 11) is 0. The number of halogens is 1. The molecular weight excluding hydrogens is 706 g/mol. The number of nitrogens with one attached hydrogen (secondary N) is 5. The molecule has 0 radical (unpaired) electrons. The van der Waals surface area contributed by atoms with Crippen molar-refractivity contribution in [1.29, 1.82) is 0 Å². The number of rotatable bonds is 19. The highest BCUT2D eigenvalue weighted by Crippen LogP contribution is 2.22. The van der Waals surface area contributed by atoms with Crippen molar-refractivity contribution >= 4 is 46.9 Å². The number of aliphatic hydroxyl groups is 1. The third-order valence-electron chi connectivity index (χ3n) is 8.11. The smallest absolute Gasteiger partial charge is 0.251 e. The number of aliphatic hydroxyl groups excluding tert-OH is 1. The minimum atomic E-state index is -1.54. The largest absolute Gasteiger partial charge is 0.391 e. The predicted octanol–water partition coefficient (Wildman–Crippen LogP) is 0.226. The standard InChI is InChI=1S/C36H46ClN9O7/c1-20(30(48)31-40-17-6-18-41-31)42-34(51)27(7-4-5-16-38)44-32(49)21(2)43-36(53)29(22(3)47)46-35(52)28(19-39)45-33(50)25-10-8-23(9-11-25)24-12-14-26(37)15-13-24/h6,8-15,17-18,20-22,27-29,47H,4-5,7,16,19,38-39H2,1-3H3,(H,42,51)(H,43,53)(H,44,49)(H,45,50)(H,46,52)/t20-,21-,22+,27-,28-,29-/m0/s1. The summed E-state index contributed by atoms with van der Waals surface area (Å²) in [4.78, 5) is 86.1. The highest BCUT2D eigenvalue weighted by molar-refractivity contribution is 6.30. The van der Waals surface area contributed by atoms with Crippen LogP contribution in [-0.2, 0) is 19.2 Å². The van der Waals surface area contributed by atoms with Gasteiger partial charge in [-0.25, -0.2) is 9.97 Å². The Labute approximate surface area is 312 Å². The fourth-order valence-electron chi connectivity index (χ4n) is 5.02. The number of hydrogen-bond acceptors (Lipinski definition) is 11. The van der Waals surface area contributed by atoms with Crippen LogP contribution in [0.1, 0.15) is 61.0 Å². The zero-order valence-electron chi connectivity index (χ0n) is 29.7. The van der Waals surface area contributed by atoms with E-state index in [9.17, 15) is 33.9 Å². The second-order valence-electron chi connectivity index (χ2n) is 12.3. The van der Waals surface area contributed by atoms with Crippen LogP contribution < -0.4 is 38.1 Å². The molecule has 0 aliphatic carbocycles. The summed E-state index contributed by atoms with van der Waals surface area (Å²) in [6.07, 6.45) is 2.59. The van der Waals surface area contributed by atoms with E-state index in [0.717, 1.165) is 11.1 Å². The Morgan fingerprint density at radius 1 is 0.698 bits per heavy atom. The van der Waals surface area contributed by atoms with Gasteiger partial charge < -0.3 is 43.2 Å². The van der Waals surface area contributed by atoms with Crippen LogP contribution in [0, 0.1) is 0 Å². The zero-order chi connectivity index (χ0) is 39.1. The second kappa shape index (κ2) is 20.7. The lowest BCUT2D eigenvalue weighted by molar-refractivity contribution is -0.135. The molecule has 2 aromatic carbocycles. The van der Waals surface area contributed by atoms with Crippen molar-refractivity contribution in [3.8, 4) is 11.1 Å². The van der Waals surface area contributed by atoms with Gasteiger partial charge in [-0.1, -0.05) is 35.9 Å². The van der Waals surface area contributed by atoms with Gasteiger partial charge in [-0.15, -0.1) is 0 Å². The van der Waals surface area contributed by atoms with E-state index in [-0.39, 0.29) is 24.4 Å². The maximum Gasteiger partial charge on any atom is 0.251 e. The van der Waals surface area contributed by atoms with Crippen LogP contribution in [-0.4, -0.2) is 99.8 Å². The molecule has 0 fully saturated rings. The number of Topliss-reactive ketones (excluding diaryl/α,β-unsaturated/α-hetero) is 1. The van der Waals surface area contributed by atoms with Gasteiger partial charge in [0.05, 0.1) is 12.1 Å². The number of benzene rings is 2. The molecule has 5 amide bonds. The maximum atomic E-state index is 13.2. The average molecular weight is 752 g/mol. The van der Waals surface area contributed by atoms with Gasteiger partial charge in [-0.3, -0.25) is 28.8 Å². The van der Waals surface area contributed by atoms with Crippen molar-refractivity contribution in [3.05, 3.63) is 83.4 Å². The lowest BCUT2D eigenvalue weighted by Gasteiger charge is -2.26. The quantitative estimate of drug-likeness (QED) is 0.0607. The first kappa shape index (κ1) is 42.1. The summed E-state index contributed by atoms with van der Waals surface area (Å²) >= 11 is 5.96. The number of nitrogens with zero attached hydrogens (tertiary/aromatic N) is 2. The highest BCUT2D eigenvalue weighted by atomic mass is 35.5. The van der Waals surface area contributed by atoms with Crippen molar-refractivity contribution in [2.45, 2.75) is 76.3 Å². The molecule has 0 bridgehead atoms. The number of nitrogens with two attached hydrogens (primary N) is 2. The summed E-state index contributed by atoms with van der Waals surface area (Å²) in [5, 5.41) is 23.5. The van der Waals surface area contributed by atoms with Gasteiger partial charge in [0.15, 0.2) is 5.82 Å². The Hall–Kier alpha value is -5.29. The van der Waals surface area contributed by atoms with Gasteiger partial charge in [-0.2, -0.15) is 0 Å². The molecule has 1 heterocycles. The van der Waals surface area contributed by atoms with Crippen LogP contribution in [0.2, 0.25) is 5.02 Å². The van der Waals surface area contributed by atoms with Crippen molar-refractivity contribution in [2.24, 2.45) is 11.5 Å². The summed E-state index contributed by atoms with van der Waals surface area (Å²) in [5.74, 6) is -4.37. The van der Waals surface area contributed by atoms with Crippen LogP contribution in [0.25, 0.3) is 11.1 Å². The van der Waals surface area contributed by atoms with Gasteiger partial charge >= 0.3 is 0 Å². The molecular formula is C36H46ClN9O7. The van der Waals surface area contributed by atoms with Crippen molar-refractivity contribution < 1.29 is 33.9 Å². The molecule has 53 heavy (non-hydrogen) atoms. The Morgan fingerprint density at radius 3 is 1.83 bits per heavy atom. The van der Waals surface area contributed by atoms with Crippen LogP contribution in [0.15, 0.2) is 67.0 Å². The normalized spacial score (nSPS) is 14.3. The summed E-state index contributed by atoms with van der Waals surface area (Å²) < 4.78 is 0. The predicted molar refractivity (Wildman–Crippen MR) is 197 cm³/mol. The monoisotopic (exact) mass is 751 g/mol. The molecule has 0 spiro atoms. The Balaban J connectivity index is 1.60. The number of hydrogen-bond donors (Lipinski definition) is 8. The molecule has 1 aromatic heterocycles. The molecule has 0 saturated carbocycles. The van der Waals surface area contributed by atoms with Gasteiger partial charge in [0, 0.05) is 29.5 Å². The fraction of sp³-hybridized carbons (Fsp3) is 0.389. The minimum absolute atomic E-state index is 0.0826. The molecule has 6 atom stereocenters. The molecule has 16 nitrogen and oxygen atoms in total. The topological polar surface area (TPSA) is 261 Å².